The fourth-order valence-electron chi connectivity index (χ4n) is 4.25. The van der Waals surface area contributed by atoms with Gasteiger partial charge in [-0.25, -0.2) is 4.79 Å². The van der Waals surface area contributed by atoms with Crippen molar-refractivity contribution in [3.63, 3.8) is 0 Å². The molecule has 0 bridgehead atoms. The highest BCUT2D eigenvalue weighted by Crippen LogP contribution is 2.40. The molecule has 2 heterocycles. The van der Waals surface area contributed by atoms with E-state index < -0.39 is 29.7 Å². The van der Waals surface area contributed by atoms with Crippen molar-refractivity contribution < 1.29 is 33.0 Å². The molecule has 1 aliphatic carbocycles. The number of fused-ring (bicyclic) bond motifs is 1. The summed E-state index contributed by atoms with van der Waals surface area (Å²) in [5.74, 6) is -2.72. The van der Waals surface area contributed by atoms with Crippen LogP contribution >= 0.6 is 11.6 Å². The zero-order valence-corrected chi connectivity index (χ0v) is 17.8. The minimum Gasteiger partial charge on any atom is -0.481 e. The molecule has 2 aromatic heterocycles. The molecule has 0 fully saturated rings. The second-order valence-corrected chi connectivity index (χ2v) is 8.30. The van der Waals surface area contributed by atoms with Gasteiger partial charge < -0.3 is 15.2 Å². The number of carbonyl (C=O) groups is 2. The molecule has 10 heteroatoms. The molecule has 1 atom stereocenters. The molecule has 4 rings (SSSR count). The van der Waals surface area contributed by atoms with Crippen LogP contribution in [0.2, 0.25) is 5.02 Å². The van der Waals surface area contributed by atoms with E-state index in [0.29, 0.717) is 35.2 Å². The van der Waals surface area contributed by atoms with Crippen molar-refractivity contribution in [2.45, 2.75) is 31.9 Å². The fraction of sp³-hybridized carbons (Fsp3) is 0.261. The maximum absolute atomic E-state index is 13.6. The Kier molecular flexibility index (Phi) is 5.92. The second kappa shape index (κ2) is 8.55. The van der Waals surface area contributed by atoms with E-state index in [9.17, 15) is 27.9 Å². The molecule has 3 aromatic rings. The number of nitrogens with one attached hydrogen (secondary N) is 1. The number of H-pyrrole nitrogens is 1. The number of alkyl halides is 3. The Balaban J connectivity index is 1.87. The van der Waals surface area contributed by atoms with E-state index >= 15 is 0 Å². The van der Waals surface area contributed by atoms with Crippen LogP contribution in [0.4, 0.5) is 13.2 Å². The van der Waals surface area contributed by atoms with Crippen LogP contribution in [-0.2, 0) is 30.2 Å². The van der Waals surface area contributed by atoms with Gasteiger partial charge in [0, 0.05) is 34.6 Å². The summed E-state index contributed by atoms with van der Waals surface area (Å²) in [5.41, 5.74) is 1.77. The maximum atomic E-state index is 13.6. The average Bonchev–Trinajstić information content (AvgIpc) is 3.12. The molecule has 0 radical (unpaired) electrons. The van der Waals surface area contributed by atoms with Crippen LogP contribution in [0.3, 0.4) is 0 Å². The number of aliphatic carboxylic acids is 1. The zero-order chi connectivity index (χ0) is 23.9. The van der Waals surface area contributed by atoms with Gasteiger partial charge >= 0.3 is 18.1 Å². The molecular formula is C23H18ClF3N2O4. The Morgan fingerprint density at radius 1 is 1.12 bits per heavy atom. The highest BCUT2D eigenvalue weighted by Gasteiger charge is 2.37. The molecule has 33 heavy (non-hydrogen) atoms. The minimum absolute atomic E-state index is 0.0669. The fourth-order valence-corrected chi connectivity index (χ4v) is 4.46. The van der Waals surface area contributed by atoms with Gasteiger partial charge in [-0.3, -0.25) is 9.78 Å². The standard InChI is InChI=1S/C23H18ClF3N2O4/c24-17-7-8-28-20(23(25,26)27)16(17)10-15-14-9-13(22(32)33)5-6-18(14)29-19(15)11-1-3-12(4-2-11)21(30)31/h1-4,7-8,13,29H,5-6,9-10H2,(H,30,31)(H,32,33). The Morgan fingerprint density at radius 3 is 2.42 bits per heavy atom. The molecule has 0 amide bonds. The first-order valence-electron chi connectivity index (χ1n) is 10.1. The summed E-state index contributed by atoms with van der Waals surface area (Å²) < 4.78 is 40.9. The number of hydrogen-bond acceptors (Lipinski definition) is 3. The predicted octanol–water partition coefficient (Wildman–Crippen LogP) is 5.23. The molecule has 0 spiro atoms. The summed E-state index contributed by atoms with van der Waals surface area (Å²) in [5, 5.41) is 18.6. The van der Waals surface area contributed by atoms with Gasteiger partial charge in [-0.05, 0) is 54.2 Å². The van der Waals surface area contributed by atoms with Crippen LogP contribution < -0.4 is 0 Å². The van der Waals surface area contributed by atoms with Crippen LogP contribution in [0, 0.1) is 5.92 Å². The number of nitrogens with zero attached hydrogens (tertiary/aromatic N) is 1. The van der Waals surface area contributed by atoms with Crippen molar-refractivity contribution in [1.82, 2.24) is 9.97 Å². The summed E-state index contributed by atoms with van der Waals surface area (Å²) in [4.78, 5) is 29.5. The number of halogens is 4. The van der Waals surface area contributed by atoms with Crippen LogP contribution in [-0.4, -0.2) is 32.1 Å². The van der Waals surface area contributed by atoms with Gasteiger partial charge in [0.25, 0.3) is 0 Å². The van der Waals surface area contributed by atoms with E-state index in [4.69, 9.17) is 16.7 Å². The third kappa shape index (κ3) is 4.45. The molecule has 0 saturated heterocycles. The predicted molar refractivity (Wildman–Crippen MR) is 113 cm³/mol. The third-order valence-corrected chi connectivity index (χ3v) is 6.24. The number of aromatic amines is 1. The highest BCUT2D eigenvalue weighted by molar-refractivity contribution is 6.31. The Labute approximate surface area is 191 Å². The second-order valence-electron chi connectivity index (χ2n) is 7.89. The lowest BCUT2D eigenvalue weighted by Gasteiger charge is -2.20. The molecule has 6 nitrogen and oxygen atoms in total. The largest absolute Gasteiger partial charge is 0.481 e. The Hall–Kier alpha value is -3.33. The van der Waals surface area contributed by atoms with Gasteiger partial charge in [0.1, 0.15) is 5.69 Å². The van der Waals surface area contributed by atoms with Gasteiger partial charge in [0.05, 0.1) is 11.5 Å². The normalized spacial score (nSPS) is 15.8. The van der Waals surface area contributed by atoms with Gasteiger partial charge in [0.2, 0.25) is 0 Å². The van der Waals surface area contributed by atoms with E-state index in [-0.39, 0.29) is 29.0 Å². The summed E-state index contributed by atoms with van der Waals surface area (Å²) in [6, 6.07) is 7.22. The third-order valence-electron chi connectivity index (χ3n) is 5.89. The maximum Gasteiger partial charge on any atom is 0.433 e. The smallest absolute Gasteiger partial charge is 0.433 e. The van der Waals surface area contributed by atoms with E-state index in [1.54, 1.807) is 12.1 Å². The van der Waals surface area contributed by atoms with Crippen molar-refractivity contribution in [2.75, 3.05) is 0 Å². The number of carboxylic acid groups (broad SMARTS) is 2. The number of aromatic nitrogens is 2. The molecule has 0 saturated carbocycles. The van der Waals surface area contributed by atoms with Gasteiger partial charge in [-0.15, -0.1) is 0 Å². The molecule has 1 aromatic carbocycles. The molecule has 172 valence electrons. The van der Waals surface area contributed by atoms with Crippen LogP contribution in [0.15, 0.2) is 36.5 Å². The molecule has 0 aliphatic heterocycles. The highest BCUT2D eigenvalue weighted by atomic mass is 35.5. The van der Waals surface area contributed by atoms with E-state index in [1.807, 2.05) is 0 Å². The Morgan fingerprint density at radius 2 is 1.82 bits per heavy atom. The molecule has 3 N–H and O–H groups in total. The van der Waals surface area contributed by atoms with Crippen molar-refractivity contribution in [3.05, 3.63) is 75.2 Å². The molecule has 1 unspecified atom stereocenters. The lowest BCUT2D eigenvalue weighted by molar-refractivity contribution is -0.142. The average molecular weight is 479 g/mol. The first kappa shape index (κ1) is 22.8. The number of hydrogen-bond donors (Lipinski definition) is 3. The van der Waals surface area contributed by atoms with E-state index in [1.165, 1.54) is 18.2 Å². The van der Waals surface area contributed by atoms with Crippen molar-refractivity contribution >= 4 is 23.5 Å². The van der Waals surface area contributed by atoms with E-state index in [0.717, 1.165) is 11.9 Å². The zero-order valence-electron chi connectivity index (χ0n) is 17.0. The number of aromatic carboxylic acids is 1. The van der Waals surface area contributed by atoms with Crippen molar-refractivity contribution in [3.8, 4) is 11.3 Å². The molecule has 1 aliphatic rings. The number of rotatable bonds is 5. The van der Waals surface area contributed by atoms with Crippen molar-refractivity contribution in [2.24, 2.45) is 5.92 Å². The lowest BCUT2D eigenvalue weighted by Crippen LogP contribution is -2.22. The topological polar surface area (TPSA) is 103 Å². The van der Waals surface area contributed by atoms with E-state index in [2.05, 4.69) is 9.97 Å². The number of aryl methyl sites for hydroxylation is 1. The van der Waals surface area contributed by atoms with Crippen molar-refractivity contribution in [1.29, 1.82) is 0 Å². The quantitative estimate of drug-likeness (QED) is 0.466. The first-order valence-corrected chi connectivity index (χ1v) is 10.4. The van der Waals surface area contributed by atoms with Crippen LogP contribution in [0.5, 0.6) is 0 Å². The number of pyridine rings is 1. The van der Waals surface area contributed by atoms with Gasteiger partial charge in [-0.1, -0.05) is 23.7 Å². The summed E-state index contributed by atoms with van der Waals surface area (Å²) in [7, 11) is 0. The van der Waals surface area contributed by atoms with Crippen LogP contribution in [0.25, 0.3) is 11.3 Å². The first-order chi connectivity index (χ1) is 15.6. The monoisotopic (exact) mass is 478 g/mol. The van der Waals surface area contributed by atoms with Gasteiger partial charge in [-0.2, -0.15) is 13.2 Å². The summed E-state index contributed by atoms with van der Waals surface area (Å²) >= 11 is 6.16. The van der Waals surface area contributed by atoms with Gasteiger partial charge in [0.15, 0.2) is 0 Å². The molecular weight excluding hydrogens is 461 g/mol. The minimum atomic E-state index is -4.72. The lowest BCUT2D eigenvalue weighted by atomic mass is 9.84. The summed E-state index contributed by atoms with van der Waals surface area (Å²) in [6.07, 6.45) is -2.93. The Bertz CT molecular complexity index is 1240. The summed E-state index contributed by atoms with van der Waals surface area (Å²) in [6.45, 7) is 0. The number of benzene rings is 1. The number of carboxylic acids is 2. The SMILES string of the molecule is O=C(O)c1ccc(-c2[nH]c3c(c2Cc2c(Cl)ccnc2C(F)(F)F)CC(C(=O)O)CC3)cc1. The van der Waals surface area contributed by atoms with Crippen LogP contribution in [0.1, 0.15) is 44.9 Å².